The van der Waals surface area contributed by atoms with Crippen LogP contribution in [0.15, 0.2) is 24.3 Å². The molecule has 28 heavy (non-hydrogen) atoms. The van der Waals surface area contributed by atoms with E-state index in [9.17, 15) is 14.4 Å². The molecule has 0 radical (unpaired) electrons. The molecule has 2 bridgehead atoms. The summed E-state index contributed by atoms with van der Waals surface area (Å²) in [5, 5.41) is 0. The van der Waals surface area contributed by atoms with Crippen molar-refractivity contribution in [1.29, 1.82) is 0 Å². The minimum atomic E-state index is -0.217. The van der Waals surface area contributed by atoms with Crippen molar-refractivity contribution in [3.8, 4) is 0 Å². The number of anilines is 1. The first kappa shape index (κ1) is 18.8. The van der Waals surface area contributed by atoms with Crippen LogP contribution in [0.5, 0.6) is 0 Å². The quantitative estimate of drug-likeness (QED) is 0.452. The minimum Gasteiger partial charge on any atom is -0.339 e. The van der Waals surface area contributed by atoms with Crippen LogP contribution in [-0.2, 0) is 9.59 Å². The Hall–Kier alpha value is -1.21. The van der Waals surface area contributed by atoms with Gasteiger partial charge in [-0.2, -0.15) is 0 Å². The van der Waals surface area contributed by atoms with Crippen LogP contribution in [0, 0.1) is 23.7 Å². The second-order valence-corrected chi connectivity index (χ2v) is 10.5. The number of benzene rings is 1. The van der Waals surface area contributed by atoms with E-state index in [1.165, 1.54) is 11.3 Å². The van der Waals surface area contributed by atoms with E-state index in [0.29, 0.717) is 11.3 Å². The average Bonchev–Trinajstić information content (AvgIpc) is 3.33. The van der Waals surface area contributed by atoms with E-state index in [1.54, 1.807) is 24.3 Å². The van der Waals surface area contributed by atoms with Gasteiger partial charge in [-0.3, -0.25) is 19.3 Å². The third-order valence-corrected chi connectivity index (χ3v) is 10.2. The van der Waals surface area contributed by atoms with Gasteiger partial charge in [-0.15, -0.1) is 0 Å². The first-order valence-corrected chi connectivity index (χ1v) is 11.9. The van der Waals surface area contributed by atoms with Crippen LogP contribution in [0.1, 0.15) is 36.0 Å². The van der Waals surface area contributed by atoms with Gasteiger partial charge in [0.25, 0.3) is 5.91 Å². The lowest BCUT2D eigenvalue weighted by Gasteiger charge is -2.28. The van der Waals surface area contributed by atoms with Crippen molar-refractivity contribution in [3.63, 3.8) is 0 Å². The van der Waals surface area contributed by atoms with Crippen LogP contribution < -0.4 is 4.90 Å². The third kappa shape index (κ3) is 2.65. The molecule has 5 nitrogen and oxygen atoms in total. The molecule has 2 saturated carbocycles. The van der Waals surface area contributed by atoms with Crippen molar-refractivity contribution in [2.75, 3.05) is 18.0 Å². The highest BCUT2D eigenvalue weighted by Crippen LogP contribution is 2.60. The molecule has 7 heteroatoms. The van der Waals surface area contributed by atoms with Gasteiger partial charge in [0.05, 0.1) is 17.5 Å². The molecule has 2 aliphatic heterocycles. The number of fused-ring (bicyclic) bond motifs is 5. The molecule has 4 fully saturated rings. The number of rotatable bonds is 2. The van der Waals surface area contributed by atoms with Crippen molar-refractivity contribution in [1.82, 2.24) is 4.90 Å². The van der Waals surface area contributed by atoms with Crippen LogP contribution in [0.3, 0.4) is 0 Å². The van der Waals surface area contributed by atoms with Gasteiger partial charge < -0.3 is 4.90 Å². The highest BCUT2D eigenvalue weighted by Gasteiger charge is 2.66. The Kier molecular flexibility index (Phi) is 4.66. The van der Waals surface area contributed by atoms with E-state index in [-0.39, 0.29) is 51.0 Å². The lowest BCUT2D eigenvalue weighted by atomic mass is 9.81. The molecule has 2 heterocycles. The van der Waals surface area contributed by atoms with Gasteiger partial charge in [-0.1, -0.05) is 31.9 Å². The standard InChI is InChI=1S/C21H22Br2N2O3/c22-17-13-10-14(18(17)23)16-15(13)20(27)25(21(16)28)12-6-4-11(5-7-12)19(26)24-8-2-1-3-9-24/h4-7,13-18H,1-3,8-10H2/t13-,14-,15-,16-,17-,18+/m1/s1. The Balaban J connectivity index is 1.38. The van der Waals surface area contributed by atoms with E-state index in [1.807, 2.05) is 4.90 Å². The molecular weight excluding hydrogens is 488 g/mol. The first-order chi connectivity index (χ1) is 13.5. The number of carbonyl (C=O) groups excluding carboxylic acids is 3. The fourth-order valence-corrected chi connectivity index (χ4v) is 7.51. The molecule has 0 aromatic heterocycles. The van der Waals surface area contributed by atoms with Crippen molar-refractivity contribution < 1.29 is 14.4 Å². The summed E-state index contributed by atoms with van der Waals surface area (Å²) in [6.07, 6.45) is 4.20. The first-order valence-electron chi connectivity index (χ1n) is 10.0. The maximum atomic E-state index is 13.1. The summed E-state index contributed by atoms with van der Waals surface area (Å²) in [5.41, 5.74) is 1.20. The highest BCUT2D eigenvalue weighted by atomic mass is 79.9. The van der Waals surface area contributed by atoms with Crippen molar-refractivity contribution in [3.05, 3.63) is 29.8 Å². The Bertz CT molecular complexity index is 805. The van der Waals surface area contributed by atoms with Gasteiger partial charge in [0, 0.05) is 28.3 Å². The summed E-state index contributed by atoms with van der Waals surface area (Å²) in [7, 11) is 0. The van der Waals surface area contributed by atoms with Gasteiger partial charge in [0.1, 0.15) is 0 Å². The average molecular weight is 510 g/mol. The molecule has 6 atom stereocenters. The fourth-order valence-electron chi connectivity index (χ4n) is 5.64. The number of nitrogens with zero attached hydrogens (tertiary/aromatic N) is 2. The lowest BCUT2D eigenvalue weighted by molar-refractivity contribution is -0.123. The van der Waals surface area contributed by atoms with Crippen LogP contribution in [0.2, 0.25) is 0 Å². The monoisotopic (exact) mass is 508 g/mol. The molecule has 1 aromatic rings. The number of carbonyl (C=O) groups is 3. The molecule has 0 unspecified atom stereocenters. The number of piperidine rings is 1. The Morgan fingerprint density at radius 2 is 1.39 bits per heavy atom. The zero-order chi connectivity index (χ0) is 19.6. The molecule has 1 aromatic carbocycles. The molecule has 3 amide bonds. The molecule has 5 rings (SSSR count). The maximum Gasteiger partial charge on any atom is 0.253 e. The second kappa shape index (κ2) is 6.94. The molecule has 0 spiro atoms. The van der Waals surface area contributed by atoms with Crippen LogP contribution >= 0.6 is 31.9 Å². The summed E-state index contributed by atoms with van der Waals surface area (Å²) in [4.78, 5) is 42.6. The Morgan fingerprint density at radius 1 is 0.857 bits per heavy atom. The fraction of sp³-hybridized carbons (Fsp3) is 0.571. The minimum absolute atomic E-state index is 0.0319. The van der Waals surface area contributed by atoms with Crippen molar-refractivity contribution in [2.24, 2.45) is 23.7 Å². The van der Waals surface area contributed by atoms with Crippen molar-refractivity contribution >= 4 is 55.3 Å². The second-order valence-electron chi connectivity index (χ2n) is 8.42. The smallest absolute Gasteiger partial charge is 0.253 e. The van der Waals surface area contributed by atoms with Crippen molar-refractivity contribution in [2.45, 2.75) is 35.3 Å². The van der Waals surface area contributed by atoms with E-state index >= 15 is 0 Å². The number of hydrogen-bond acceptors (Lipinski definition) is 3. The molecule has 2 saturated heterocycles. The zero-order valence-corrected chi connectivity index (χ0v) is 18.6. The normalized spacial score (nSPS) is 36.9. The predicted octanol–water partition coefficient (Wildman–Crippen LogP) is 3.60. The SMILES string of the molecule is O=C(c1ccc(N2C(=O)[C@@H]3[C@H]4C[C@@H]([C@@H](Br)[C@H]4Br)[C@H]3C2=O)cc1)N1CCCCC1. The number of halogens is 2. The predicted molar refractivity (Wildman–Crippen MR) is 113 cm³/mol. The summed E-state index contributed by atoms with van der Waals surface area (Å²) in [5.74, 6) is -0.148. The summed E-state index contributed by atoms with van der Waals surface area (Å²) in [6, 6.07) is 6.98. The molecule has 2 aliphatic carbocycles. The van der Waals surface area contributed by atoms with Gasteiger partial charge in [-0.25, -0.2) is 0 Å². The van der Waals surface area contributed by atoms with Gasteiger partial charge in [0.15, 0.2) is 0 Å². The number of hydrogen-bond donors (Lipinski definition) is 0. The van der Waals surface area contributed by atoms with E-state index in [4.69, 9.17) is 0 Å². The molecular formula is C21H22Br2N2O3. The molecule has 4 aliphatic rings. The van der Waals surface area contributed by atoms with Gasteiger partial charge >= 0.3 is 0 Å². The van der Waals surface area contributed by atoms with Crippen LogP contribution in [0.4, 0.5) is 5.69 Å². The largest absolute Gasteiger partial charge is 0.339 e. The Morgan fingerprint density at radius 3 is 1.93 bits per heavy atom. The molecule has 148 valence electrons. The van der Waals surface area contributed by atoms with E-state index in [2.05, 4.69) is 31.9 Å². The summed E-state index contributed by atoms with van der Waals surface area (Å²) >= 11 is 7.43. The number of alkyl halides is 2. The maximum absolute atomic E-state index is 13.1. The third-order valence-electron chi connectivity index (χ3n) is 7.00. The summed E-state index contributed by atoms with van der Waals surface area (Å²) < 4.78 is 0. The van der Waals surface area contributed by atoms with Crippen LogP contribution in [0.25, 0.3) is 0 Å². The summed E-state index contributed by atoms with van der Waals surface area (Å²) in [6.45, 7) is 1.61. The number of likely N-dealkylation sites (tertiary alicyclic amines) is 1. The number of imide groups is 1. The van der Waals surface area contributed by atoms with E-state index in [0.717, 1.165) is 32.4 Å². The number of amides is 3. The lowest BCUT2D eigenvalue weighted by Crippen LogP contribution is -2.37. The highest BCUT2D eigenvalue weighted by molar-refractivity contribution is 9.12. The Labute approximate surface area is 181 Å². The van der Waals surface area contributed by atoms with Crippen LogP contribution in [-0.4, -0.2) is 45.4 Å². The van der Waals surface area contributed by atoms with Gasteiger partial charge in [0.2, 0.25) is 11.8 Å². The van der Waals surface area contributed by atoms with Gasteiger partial charge in [-0.05, 0) is 61.8 Å². The topological polar surface area (TPSA) is 57.7 Å². The zero-order valence-electron chi connectivity index (χ0n) is 15.4. The van der Waals surface area contributed by atoms with E-state index < -0.39 is 0 Å². The molecule has 0 N–H and O–H groups in total.